The summed E-state index contributed by atoms with van der Waals surface area (Å²) in [6.45, 7) is 6.26. The molecule has 86 valence electrons. The number of ether oxygens (including phenoxy) is 1. The van der Waals surface area contributed by atoms with Gasteiger partial charge < -0.3 is 10.5 Å². The van der Waals surface area contributed by atoms with Crippen molar-refractivity contribution in [2.45, 2.75) is 52.0 Å². The summed E-state index contributed by atoms with van der Waals surface area (Å²) in [6, 6.07) is 0. The standard InChI is InChI=1S/C10H21NO2.ClH/c1-4-7-10(11,8-5-2)9(12)13-6-3;/h4-8,11H2,1-3H3;1H. The van der Waals surface area contributed by atoms with Gasteiger partial charge in [-0.05, 0) is 19.8 Å². The molecule has 0 atom stereocenters. The Morgan fingerprint density at radius 2 is 1.64 bits per heavy atom. The van der Waals surface area contributed by atoms with Crippen molar-refractivity contribution < 1.29 is 9.53 Å². The van der Waals surface area contributed by atoms with Crippen LogP contribution < -0.4 is 5.73 Å². The SMILES string of the molecule is CCCC(N)(CCC)C(=O)OCC.Cl. The quantitative estimate of drug-likeness (QED) is 0.703. The molecule has 0 amide bonds. The highest BCUT2D eigenvalue weighted by molar-refractivity contribution is 5.85. The summed E-state index contributed by atoms with van der Waals surface area (Å²) >= 11 is 0. The molecule has 0 saturated heterocycles. The zero-order chi connectivity index (χ0) is 10.3. The molecular weight excluding hydrogens is 202 g/mol. The van der Waals surface area contributed by atoms with Crippen LogP contribution in [0.5, 0.6) is 0 Å². The van der Waals surface area contributed by atoms with E-state index in [4.69, 9.17) is 10.5 Å². The Kier molecular flexibility index (Phi) is 9.31. The molecule has 0 heterocycles. The molecule has 0 fully saturated rings. The van der Waals surface area contributed by atoms with Gasteiger partial charge in [0.15, 0.2) is 0 Å². The van der Waals surface area contributed by atoms with E-state index >= 15 is 0 Å². The summed E-state index contributed by atoms with van der Waals surface area (Å²) in [7, 11) is 0. The summed E-state index contributed by atoms with van der Waals surface area (Å²) in [5.74, 6) is -0.251. The number of rotatable bonds is 6. The van der Waals surface area contributed by atoms with Crippen LogP contribution in [0.4, 0.5) is 0 Å². The van der Waals surface area contributed by atoms with E-state index in [0.717, 1.165) is 12.8 Å². The average Bonchev–Trinajstić information content (AvgIpc) is 2.05. The van der Waals surface area contributed by atoms with Crippen molar-refractivity contribution in [1.82, 2.24) is 0 Å². The predicted molar refractivity (Wildman–Crippen MR) is 60.6 cm³/mol. The van der Waals surface area contributed by atoms with Crippen LogP contribution in [0.25, 0.3) is 0 Å². The predicted octanol–water partition coefficient (Wildman–Crippen LogP) is 2.27. The van der Waals surface area contributed by atoms with Gasteiger partial charge in [0.25, 0.3) is 0 Å². The Labute approximate surface area is 92.8 Å². The minimum Gasteiger partial charge on any atom is -0.465 e. The van der Waals surface area contributed by atoms with E-state index in [1.807, 2.05) is 13.8 Å². The van der Waals surface area contributed by atoms with Gasteiger partial charge in [0.2, 0.25) is 0 Å². The van der Waals surface area contributed by atoms with E-state index in [1.165, 1.54) is 0 Å². The van der Waals surface area contributed by atoms with Gasteiger partial charge in [0.1, 0.15) is 5.54 Å². The number of carbonyl (C=O) groups excluding carboxylic acids is 1. The molecule has 0 radical (unpaired) electrons. The van der Waals surface area contributed by atoms with Gasteiger partial charge in [-0.1, -0.05) is 26.7 Å². The highest BCUT2D eigenvalue weighted by Crippen LogP contribution is 2.18. The summed E-state index contributed by atoms with van der Waals surface area (Å²) in [5.41, 5.74) is 5.22. The number of hydrogen-bond acceptors (Lipinski definition) is 3. The van der Waals surface area contributed by atoms with E-state index < -0.39 is 5.54 Å². The van der Waals surface area contributed by atoms with Gasteiger partial charge in [0, 0.05) is 0 Å². The first-order valence-electron chi connectivity index (χ1n) is 5.06. The van der Waals surface area contributed by atoms with Crippen LogP contribution >= 0.6 is 12.4 Å². The summed E-state index contributed by atoms with van der Waals surface area (Å²) in [6.07, 6.45) is 3.24. The van der Waals surface area contributed by atoms with Crippen molar-refractivity contribution in [1.29, 1.82) is 0 Å². The third-order valence-corrected chi connectivity index (χ3v) is 2.07. The second-order valence-corrected chi connectivity index (χ2v) is 3.38. The molecule has 0 aromatic rings. The fraction of sp³-hybridized carbons (Fsp3) is 0.900. The Morgan fingerprint density at radius 3 is 1.93 bits per heavy atom. The summed E-state index contributed by atoms with van der Waals surface area (Å²) in [4.78, 5) is 11.5. The summed E-state index contributed by atoms with van der Waals surface area (Å²) in [5, 5.41) is 0. The van der Waals surface area contributed by atoms with E-state index in [0.29, 0.717) is 19.4 Å². The molecule has 0 aliphatic rings. The maximum absolute atomic E-state index is 11.5. The number of hydrogen-bond donors (Lipinski definition) is 1. The van der Waals surface area contributed by atoms with Gasteiger partial charge in [-0.15, -0.1) is 12.4 Å². The first-order chi connectivity index (χ1) is 6.10. The van der Waals surface area contributed by atoms with Crippen LogP contribution in [0.15, 0.2) is 0 Å². The second kappa shape index (κ2) is 8.06. The number of nitrogens with two attached hydrogens (primary N) is 1. The van der Waals surface area contributed by atoms with Crippen molar-refractivity contribution in [3.05, 3.63) is 0 Å². The normalized spacial score (nSPS) is 10.6. The van der Waals surface area contributed by atoms with Crippen molar-refractivity contribution in [3.8, 4) is 0 Å². The van der Waals surface area contributed by atoms with Gasteiger partial charge in [-0.3, -0.25) is 4.79 Å². The lowest BCUT2D eigenvalue weighted by atomic mass is 9.90. The summed E-state index contributed by atoms with van der Waals surface area (Å²) < 4.78 is 4.95. The van der Waals surface area contributed by atoms with Gasteiger partial charge in [0.05, 0.1) is 6.61 Å². The molecule has 4 heteroatoms. The zero-order valence-corrected chi connectivity index (χ0v) is 10.2. The second-order valence-electron chi connectivity index (χ2n) is 3.38. The first kappa shape index (κ1) is 16.2. The van der Waals surface area contributed by atoms with E-state index in [-0.39, 0.29) is 18.4 Å². The first-order valence-corrected chi connectivity index (χ1v) is 5.06. The topological polar surface area (TPSA) is 52.3 Å². The van der Waals surface area contributed by atoms with Gasteiger partial charge in [-0.25, -0.2) is 0 Å². The molecule has 0 saturated carbocycles. The van der Waals surface area contributed by atoms with E-state index in [9.17, 15) is 4.79 Å². The Morgan fingerprint density at radius 1 is 1.21 bits per heavy atom. The van der Waals surface area contributed by atoms with Crippen molar-refractivity contribution in [3.63, 3.8) is 0 Å². The minimum atomic E-state index is -0.750. The molecule has 3 nitrogen and oxygen atoms in total. The lowest BCUT2D eigenvalue weighted by Crippen LogP contribution is -2.48. The molecule has 0 aromatic heterocycles. The highest BCUT2D eigenvalue weighted by Gasteiger charge is 2.33. The minimum absolute atomic E-state index is 0. The lowest BCUT2D eigenvalue weighted by Gasteiger charge is -2.25. The fourth-order valence-electron chi connectivity index (χ4n) is 1.50. The van der Waals surface area contributed by atoms with E-state index in [2.05, 4.69) is 0 Å². The largest absolute Gasteiger partial charge is 0.465 e. The van der Waals surface area contributed by atoms with Crippen LogP contribution in [0.1, 0.15) is 46.5 Å². The number of esters is 1. The Bertz CT molecular complexity index is 156. The molecule has 2 N–H and O–H groups in total. The third-order valence-electron chi connectivity index (χ3n) is 2.07. The zero-order valence-electron chi connectivity index (χ0n) is 9.34. The molecule has 0 unspecified atom stereocenters. The molecule has 0 spiro atoms. The third kappa shape index (κ3) is 4.82. The fourth-order valence-corrected chi connectivity index (χ4v) is 1.50. The maximum atomic E-state index is 11.5. The van der Waals surface area contributed by atoms with Crippen molar-refractivity contribution in [2.75, 3.05) is 6.61 Å². The molecule has 14 heavy (non-hydrogen) atoms. The number of carbonyl (C=O) groups is 1. The molecule has 0 rings (SSSR count). The monoisotopic (exact) mass is 223 g/mol. The smallest absolute Gasteiger partial charge is 0.326 e. The molecule has 0 aliphatic heterocycles. The van der Waals surface area contributed by atoms with Crippen LogP contribution in [-0.4, -0.2) is 18.1 Å². The molecule has 0 bridgehead atoms. The Balaban J connectivity index is 0. The molecule has 0 aromatic carbocycles. The van der Waals surface area contributed by atoms with Crippen LogP contribution in [-0.2, 0) is 9.53 Å². The lowest BCUT2D eigenvalue weighted by molar-refractivity contribution is -0.150. The van der Waals surface area contributed by atoms with Crippen LogP contribution in [0.3, 0.4) is 0 Å². The molecular formula is C10H22ClNO2. The highest BCUT2D eigenvalue weighted by atomic mass is 35.5. The molecule has 0 aliphatic carbocycles. The van der Waals surface area contributed by atoms with Crippen molar-refractivity contribution >= 4 is 18.4 Å². The van der Waals surface area contributed by atoms with Crippen molar-refractivity contribution in [2.24, 2.45) is 5.73 Å². The Hall–Kier alpha value is -0.280. The number of halogens is 1. The maximum Gasteiger partial charge on any atom is 0.326 e. The van der Waals surface area contributed by atoms with E-state index in [1.54, 1.807) is 6.92 Å². The van der Waals surface area contributed by atoms with Gasteiger partial charge >= 0.3 is 5.97 Å². The van der Waals surface area contributed by atoms with Crippen LogP contribution in [0.2, 0.25) is 0 Å². The van der Waals surface area contributed by atoms with Gasteiger partial charge in [-0.2, -0.15) is 0 Å². The average molecular weight is 224 g/mol. The van der Waals surface area contributed by atoms with Crippen LogP contribution in [0, 0.1) is 0 Å².